The predicted molar refractivity (Wildman–Crippen MR) is 92.5 cm³/mol. The molecule has 3 nitrogen and oxygen atoms in total. The summed E-state index contributed by atoms with van der Waals surface area (Å²) in [6, 6.07) is 11.9. The Kier molecular flexibility index (Phi) is 7.18. The molecule has 0 aromatic heterocycles. The van der Waals surface area contributed by atoms with Crippen molar-refractivity contribution in [1.82, 2.24) is 0 Å². The normalized spacial score (nSPS) is 12.8. The van der Waals surface area contributed by atoms with Crippen LogP contribution in [0.4, 0.5) is 26.3 Å². The van der Waals surface area contributed by atoms with Crippen molar-refractivity contribution in [2.75, 3.05) is 13.9 Å². The van der Waals surface area contributed by atoms with Crippen LogP contribution in [-0.2, 0) is 21.5 Å². The standard InChI is InChI=1S/C20H19F6O3/c1-3-7-14-12-15(10-11-17(14)29-16-8-5-4-6-9-16)18(19(21,22)23,20(24,25)26)28-13-27-2/h4-6,8,10-12H,3,7,13H2,1-2H3. The first-order chi connectivity index (χ1) is 13.6. The molecular weight excluding hydrogens is 402 g/mol. The van der Waals surface area contributed by atoms with Crippen molar-refractivity contribution in [2.45, 2.75) is 37.7 Å². The van der Waals surface area contributed by atoms with Crippen LogP contribution in [0.2, 0.25) is 0 Å². The minimum absolute atomic E-state index is 0.142. The Morgan fingerprint density at radius 2 is 1.66 bits per heavy atom. The molecule has 2 rings (SSSR count). The lowest BCUT2D eigenvalue weighted by atomic mass is 9.89. The van der Waals surface area contributed by atoms with E-state index in [0.717, 1.165) is 19.2 Å². The van der Waals surface area contributed by atoms with Gasteiger partial charge in [0.25, 0.3) is 5.60 Å². The molecule has 1 radical (unpaired) electrons. The van der Waals surface area contributed by atoms with E-state index in [2.05, 4.69) is 15.5 Å². The first-order valence-electron chi connectivity index (χ1n) is 8.61. The molecular formula is C20H19F6O3. The number of methoxy groups -OCH3 is 1. The zero-order chi connectivity index (χ0) is 21.7. The minimum atomic E-state index is -5.77. The minimum Gasteiger partial charge on any atom is -0.456 e. The van der Waals surface area contributed by atoms with Crippen molar-refractivity contribution in [2.24, 2.45) is 0 Å². The van der Waals surface area contributed by atoms with Crippen LogP contribution in [0.5, 0.6) is 11.5 Å². The second kappa shape index (κ2) is 9.04. The van der Waals surface area contributed by atoms with Gasteiger partial charge in [-0.25, -0.2) is 0 Å². The van der Waals surface area contributed by atoms with E-state index >= 15 is 0 Å². The molecule has 29 heavy (non-hydrogen) atoms. The molecule has 0 N–H and O–H groups in total. The molecule has 2 aromatic rings. The second-order valence-electron chi connectivity index (χ2n) is 6.13. The van der Waals surface area contributed by atoms with E-state index in [1.54, 1.807) is 31.2 Å². The monoisotopic (exact) mass is 421 g/mol. The van der Waals surface area contributed by atoms with Crippen molar-refractivity contribution in [3.05, 3.63) is 59.7 Å². The maximum atomic E-state index is 13.7. The molecule has 0 aliphatic heterocycles. The van der Waals surface area contributed by atoms with E-state index in [0.29, 0.717) is 12.5 Å². The number of ether oxygens (including phenoxy) is 3. The first-order valence-corrected chi connectivity index (χ1v) is 8.61. The zero-order valence-electron chi connectivity index (χ0n) is 15.7. The van der Waals surface area contributed by atoms with Crippen LogP contribution in [0.25, 0.3) is 0 Å². The van der Waals surface area contributed by atoms with Crippen LogP contribution in [0.1, 0.15) is 24.5 Å². The van der Waals surface area contributed by atoms with E-state index in [1.807, 2.05) is 0 Å². The highest BCUT2D eigenvalue weighted by atomic mass is 19.4. The Morgan fingerprint density at radius 1 is 0.966 bits per heavy atom. The van der Waals surface area contributed by atoms with Gasteiger partial charge >= 0.3 is 12.4 Å². The van der Waals surface area contributed by atoms with Gasteiger partial charge in [-0.15, -0.1) is 0 Å². The van der Waals surface area contributed by atoms with Gasteiger partial charge in [0.1, 0.15) is 18.3 Å². The number of aryl methyl sites for hydroxylation is 1. The molecule has 159 valence electrons. The number of hydrogen-bond acceptors (Lipinski definition) is 3. The van der Waals surface area contributed by atoms with E-state index in [4.69, 9.17) is 4.74 Å². The summed E-state index contributed by atoms with van der Waals surface area (Å²) in [5.74, 6) is 0.425. The van der Waals surface area contributed by atoms with Crippen LogP contribution in [0.3, 0.4) is 0 Å². The number of halogens is 6. The molecule has 0 spiro atoms. The molecule has 0 aliphatic carbocycles. The molecule has 0 atom stereocenters. The second-order valence-corrected chi connectivity index (χ2v) is 6.13. The van der Waals surface area contributed by atoms with Gasteiger partial charge < -0.3 is 14.2 Å². The van der Waals surface area contributed by atoms with Crippen molar-refractivity contribution in [3.63, 3.8) is 0 Å². The summed E-state index contributed by atoms with van der Waals surface area (Å²) in [5, 5.41) is 0. The Labute approximate surface area is 164 Å². The molecule has 2 aromatic carbocycles. The van der Waals surface area contributed by atoms with Gasteiger partial charge in [0.05, 0.1) is 0 Å². The highest BCUT2D eigenvalue weighted by Crippen LogP contribution is 2.53. The van der Waals surface area contributed by atoms with Crippen LogP contribution in [-0.4, -0.2) is 26.3 Å². The molecule has 9 heteroatoms. The molecule has 0 saturated heterocycles. The van der Waals surface area contributed by atoms with Gasteiger partial charge in [-0.2, -0.15) is 26.3 Å². The van der Waals surface area contributed by atoms with Crippen LogP contribution in [0, 0.1) is 6.07 Å². The molecule has 0 saturated carbocycles. The fourth-order valence-corrected chi connectivity index (χ4v) is 2.80. The first kappa shape index (κ1) is 23.0. The van der Waals surface area contributed by atoms with E-state index < -0.39 is 30.3 Å². The number of rotatable bonds is 8. The lowest BCUT2D eigenvalue weighted by Gasteiger charge is -2.37. The lowest BCUT2D eigenvalue weighted by Crippen LogP contribution is -2.56. The number of hydrogen-bond donors (Lipinski definition) is 0. The topological polar surface area (TPSA) is 27.7 Å². The van der Waals surface area contributed by atoms with Crippen LogP contribution in [0.15, 0.2) is 42.5 Å². The average molecular weight is 421 g/mol. The Balaban J connectivity index is 2.60. The molecule has 0 bridgehead atoms. The summed E-state index contributed by atoms with van der Waals surface area (Å²) in [5.41, 5.74) is -5.45. The van der Waals surface area contributed by atoms with E-state index in [1.165, 1.54) is 0 Å². The molecule has 0 amide bonds. The zero-order valence-corrected chi connectivity index (χ0v) is 15.7. The summed E-state index contributed by atoms with van der Waals surface area (Å²) in [4.78, 5) is 0. The van der Waals surface area contributed by atoms with Gasteiger partial charge in [0, 0.05) is 18.7 Å². The summed E-state index contributed by atoms with van der Waals surface area (Å²) in [7, 11) is 0.938. The summed E-state index contributed by atoms with van der Waals surface area (Å²) in [6.07, 6.45) is -10.9. The number of alkyl halides is 6. The molecule has 0 fully saturated rings. The van der Waals surface area contributed by atoms with E-state index in [9.17, 15) is 26.3 Å². The van der Waals surface area contributed by atoms with Gasteiger partial charge in [-0.1, -0.05) is 37.6 Å². The number of benzene rings is 2. The third-order valence-electron chi connectivity index (χ3n) is 4.08. The van der Waals surface area contributed by atoms with E-state index in [-0.39, 0.29) is 23.5 Å². The molecule has 0 aliphatic rings. The Hall–Kier alpha value is -2.26. The smallest absolute Gasteiger partial charge is 0.430 e. The molecule has 0 unspecified atom stereocenters. The van der Waals surface area contributed by atoms with Crippen molar-refractivity contribution >= 4 is 0 Å². The SMILES string of the molecule is CCCc1cc(C(OCOC)(C(F)(F)F)C(F)(F)F)ccc1Oc1[c]cccc1. The van der Waals surface area contributed by atoms with Gasteiger partial charge in [0.15, 0.2) is 0 Å². The van der Waals surface area contributed by atoms with Crippen molar-refractivity contribution in [3.8, 4) is 11.5 Å². The summed E-state index contributed by atoms with van der Waals surface area (Å²) in [6.45, 7) is 0.548. The van der Waals surface area contributed by atoms with Crippen molar-refractivity contribution in [1.29, 1.82) is 0 Å². The molecule has 0 heterocycles. The average Bonchev–Trinajstić information content (AvgIpc) is 2.63. The lowest BCUT2D eigenvalue weighted by molar-refractivity contribution is -0.400. The van der Waals surface area contributed by atoms with Crippen molar-refractivity contribution < 1.29 is 40.6 Å². The Morgan fingerprint density at radius 3 is 2.17 bits per heavy atom. The fraction of sp³-hybridized carbons (Fsp3) is 0.400. The van der Waals surface area contributed by atoms with Crippen LogP contribution < -0.4 is 4.74 Å². The quantitative estimate of drug-likeness (QED) is 0.377. The third kappa shape index (κ3) is 4.84. The highest BCUT2D eigenvalue weighted by Gasteiger charge is 2.73. The predicted octanol–water partition coefficient (Wildman–Crippen LogP) is 6.17. The largest absolute Gasteiger partial charge is 0.456 e. The number of para-hydroxylation sites is 1. The maximum Gasteiger partial charge on any atom is 0.430 e. The highest BCUT2D eigenvalue weighted by molar-refractivity contribution is 5.43. The third-order valence-corrected chi connectivity index (χ3v) is 4.08. The van der Waals surface area contributed by atoms with Crippen LogP contribution >= 0.6 is 0 Å². The van der Waals surface area contributed by atoms with Gasteiger partial charge in [-0.05, 0) is 30.2 Å². The summed E-state index contributed by atoms with van der Waals surface area (Å²) >= 11 is 0. The Bertz CT molecular complexity index is 773. The van der Waals surface area contributed by atoms with Gasteiger partial charge in [-0.3, -0.25) is 0 Å². The summed E-state index contributed by atoms with van der Waals surface area (Å²) < 4.78 is 96.5. The fourth-order valence-electron chi connectivity index (χ4n) is 2.80. The maximum absolute atomic E-state index is 13.7. The van der Waals surface area contributed by atoms with Gasteiger partial charge in [0.2, 0.25) is 0 Å².